The molecular formula is C11H15O4P. The van der Waals surface area contributed by atoms with Crippen LogP contribution in [0.2, 0.25) is 0 Å². The zero-order valence-electron chi connectivity index (χ0n) is 9.00. The molecule has 0 saturated carbocycles. The van der Waals surface area contributed by atoms with Gasteiger partial charge in [-0.15, -0.1) is 0 Å². The molecule has 1 aromatic carbocycles. The van der Waals surface area contributed by atoms with Crippen molar-refractivity contribution in [3.63, 3.8) is 0 Å². The average Bonchev–Trinajstić information content (AvgIpc) is 2.26. The Balaban J connectivity index is 2.65. The molecule has 0 bridgehead atoms. The third kappa shape index (κ3) is 3.72. The predicted molar refractivity (Wildman–Crippen MR) is 62.8 cm³/mol. The Hall–Kier alpha value is -1.25. The van der Waals surface area contributed by atoms with Crippen molar-refractivity contribution in [3.05, 3.63) is 43.2 Å². The highest BCUT2D eigenvalue weighted by molar-refractivity contribution is 7.38. The van der Waals surface area contributed by atoms with Gasteiger partial charge in [0, 0.05) is 0 Å². The van der Waals surface area contributed by atoms with Crippen molar-refractivity contribution in [2.75, 3.05) is 0 Å². The molecule has 0 aromatic heterocycles. The predicted octanol–water partition coefficient (Wildman–Crippen LogP) is 2.41. The van der Waals surface area contributed by atoms with E-state index in [0.29, 0.717) is 5.75 Å². The molecule has 0 amide bonds. The number of para-hydroxylation sites is 1. The minimum atomic E-state index is -2.82. The van der Waals surface area contributed by atoms with Crippen molar-refractivity contribution in [1.29, 1.82) is 0 Å². The second kappa shape index (κ2) is 6.36. The second-order valence-electron chi connectivity index (χ2n) is 3.20. The Morgan fingerprint density at radius 2 is 2.06 bits per heavy atom. The molecule has 0 aliphatic heterocycles. The molecule has 0 radical (unpaired) electrons. The summed E-state index contributed by atoms with van der Waals surface area (Å²) in [5.41, 5.74) is 0. The van der Waals surface area contributed by atoms with Crippen LogP contribution in [0, 0.1) is 0 Å². The maximum absolute atomic E-state index is 11.1. The van der Waals surface area contributed by atoms with Crippen molar-refractivity contribution in [2.24, 2.45) is 0 Å². The van der Waals surface area contributed by atoms with Crippen LogP contribution in [0.15, 0.2) is 43.2 Å². The van der Waals surface area contributed by atoms with E-state index in [1.807, 2.05) is 18.2 Å². The fourth-order valence-corrected chi connectivity index (χ4v) is 1.93. The quantitative estimate of drug-likeness (QED) is 0.614. The summed E-state index contributed by atoms with van der Waals surface area (Å²) in [6.45, 7) is 5.04. The molecule has 4 nitrogen and oxygen atoms in total. The molecule has 88 valence electrons. The Labute approximate surface area is 95.4 Å². The van der Waals surface area contributed by atoms with E-state index in [-0.39, 0.29) is 0 Å². The molecule has 0 aliphatic carbocycles. The lowest BCUT2D eigenvalue weighted by atomic mass is 10.3. The summed E-state index contributed by atoms with van der Waals surface area (Å²) in [6, 6.07) is 9.07. The first kappa shape index (κ1) is 12.8. The van der Waals surface area contributed by atoms with E-state index in [2.05, 4.69) is 6.58 Å². The highest BCUT2D eigenvalue weighted by Gasteiger charge is 2.24. The van der Waals surface area contributed by atoms with Gasteiger partial charge < -0.3 is 14.4 Å². The Morgan fingerprint density at radius 1 is 1.44 bits per heavy atom. The Kier molecular flexibility index (Phi) is 5.09. The summed E-state index contributed by atoms with van der Waals surface area (Å²) in [7, 11) is -2.82. The molecule has 0 aliphatic rings. The minimum absolute atomic E-state index is 0.517. The van der Waals surface area contributed by atoms with Crippen LogP contribution >= 0.6 is 8.03 Å². The Bertz CT molecular complexity index is 352. The highest BCUT2D eigenvalue weighted by Crippen LogP contribution is 2.29. The molecular weight excluding hydrogens is 227 g/mol. The van der Waals surface area contributed by atoms with Crippen LogP contribution in [0.1, 0.15) is 6.92 Å². The molecule has 16 heavy (non-hydrogen) atoms. The van der Waals surface area contributed by atoms with Gasteiger partial charge in [0.15, 0.2) is 0 Å². The van der Waals surface area contributed by atoms with Gasteiger partial charge in [0.1, 0.15) is 11.9 Å². The van der Waals surface area contributed by atoms with Gasteiger partial charge >= 0.3 is 0 Å². The summed E-state index contributed by atoms with van der Waals surface area (Å²) < 4.78 is 21.5. The first-order valence-corrected chi connectivity index (χ1v) is 6.29. The second-order valence-corrected chi connectivity index (χ2v) is 4.44. The summed E-state index contributed by atoms with van der Waals surface area (Å²) >= 11 is 0. The van der Waals surface area contributed by atoms with Crippen LogP contribution in [-0.4, -0.2) is 16.8 Å². The summed E-state index contributed by atoms with van der Waals surface area (Å²) in [5, 5.41) is 0. The maximum Gasteiger partial charge on any atom is 0.232 e. The summed E-state index contributed by atoms with van der Waals surface area (Å²) in [6.07, 6.45) is 0.630. The van der Waals surface area contributed by atoms with Gasteiger partial charge in [-0.1, -0.05) is 24.8 Å². The monoisotopic (exact) mass is 242 g/mol. The van der Waals surface area contributed by atoms with Crippen LogP contribution in [0.25, 0.3) is 0 Å². The van der Waals surface area contributed by atoms with Gasteiger partial charge in [-0.3, -0.25) is 4.57 Å². The maximum atomic E-state index is 11.1. The zero-order chi connectivity index (χ0) is 12.0. The lowest BCUT2D eigenvalue weighted by Gasteiger charge is -2.21. The first-order valence-electron chi connectivity index (χ1n) is 4.86. The molecule has 0 fully saturated rings. The third-order valence-corrected chi connectivity index (χ3v) is 3.07. The molecule has 3 unspecified atom stereocenters. The fraction of sp³-hybridized carbons (Fsp3) is 0.273. The van der Waals surface area contributed by atoms with E-state index >= 15 is 0 Å². The van der Waals surface area contributed by atoms with Crippen molar-refractivity contribution in [2.45, 2.75) is 18.9 Å². The topological polar surface area (TPSA) is 55.8 Å². The van der Waals surface area contributed by atoms with Gasteiger partial charge in [-0.25, -0.2) is 0 Å². The Morgan fingerprint density at radius 3 is 2.56 bits per heavy atom. The molecule has 1 aromatic rings. The average molecular weight is 242 g/mol. The smallest absolute Gasteiger partial charge is 0.232 e. The lowest BCUT2D eigenvalue weighted by Crippen LogP contribution is -2.27. The summed E-state index contributed by atoms with van der Waals surface area (Å²) in [5.74, 6) is -0.237. The molecule has 0 saturated heterocycles. The molecule has 5 heteroatoms. The van der Waals surface area contributed by atoms with Gasteiger partial charge in [-0.05, 0) is 19.1 Å². The standard InChI is InChI=1S/C11H15O4P/c1-3-14-11(16(12)13)9(2)15-10-7-5-4-6-8-10/h3-9,11,16H,1H2,2H3,(H,12,13). The molecule has 3 atom stereocenters. The van der Waals surface area contributed by atoms with Crippen LogP contribution in [0.3, 0.4) is 0 Å². The number of hydrogen-bond acceptors (Lipinski definition) is 3. The molecule has 1 N–H and O–H groups in total. The van der Waals surface area contributed by atoms with E-state index in [1.54, 1.807) is 19.1 Å². The number of hydrogen-bond donors (Lipinski definition) is 1. The van der Waals surface area contributed by atoms with Crippen LogP contribution in [-0.2, 0) is 9.30 Å². The summed E-state index contributed by atoms with van der Waals surface area (Å²) in [4.78, 5) is 9.09. The van der Waals surface area contributed by atoms with Gasteiger partial charge in [0.25, 0.3) is 0 Å². The largest absolute Gasteiger partial charge is 0.486 e. The fourth-order valence-electron chi connectivity index (χ4n) is 1.25. The molecule has 0 spiro atoms. The normalized spacial score (nSPS) is 15.9. The van der Waals surface area contributed by atoms with Gasteiger partial charge in [0.2, 0.25) is 13.9 Å². The molecule has 0 heterocycles. The van der Waals surface area contributed by atoms with Crippen LogP contribution in [0.5, 0.6) is 5.75 Å². The lowest BCUT2D eigenvalue weighted by molar-refractivity contribution is 0.0811. The number of rotatable bonds is 6. The zero-order valence-corrected chi connectivity index (χ0v) is 10.00. The highest BCUT2D eigenvalue weighted by atomic mass is 31.1. The van der Waals surface area contributed by atoms with Crippen molar-refractivity contribution in [3.8, 4) is 5.75 Å². The molecule has 1 rings (SSSR count). The SMILES string of the molecule is C=COC(C(C)Oc1ccccc1)[PH](=O)O. The van der Waals surface area contributed by atoms with Crippen molar-refractivity contribution < 1.29 is 18.9 Å². The van der Waals surface area contributed by atoms with E-state index in [4.69, 9.17) is 14.4 Å². The van der Waals surface area contributed by atoms with Crippen molar-refractivity contribution >= 4 is 8.03 Å². The first-order chi connectivity index (χ1) is 7.65. The van der Waals surface area contributed by atoms with Gasteiger partial charge in [0.05, 0.1) is 6.26 Å². The van der Waals surface area contributed by atoms with Crippen LogP contribution in [0.4, 0.5) is 0 Å². The van der Waals surface area contributed by atoms with Crippen LogP contribution < -0.4 is 4.74 Å². The number of ether oxygens (including phenoxy) is 2. The van der Waals surface area contributed by atoms with E-state index < -0.39 is 20.0 Å². The number of benzene rings is 1. The van der Waals surface area contributed by atoms with E-state index in [0.717, 1.165) is 6.26 Å². The third-order valence-electron chi connectivity index (χ3n) is 1.98. The van der Waals surface area contributed by atoms with Crippen molar-refractivity contribution in [1.82, 2.24) is 0 Å². The minimum Gasteiger partial charge on any atom is -0.486 e. The van der Waals surface area contributed by atoms with E-state index in [9.17, 15) is 4.57 Å². The van der Waals surface area contributed by atoms with E-state index in [1.165, 1.54) is 0 Å². The van der Waals surface area contributed by atoms with Gasteiger partial charge in [-0.2, -0.15) is 0 Å².